The third kappa shape index (κ3) is 3.26. The van der Waals surface area contributed by atoms with E-state index in [1.54, 1.807) is 12.1 Å². The first-order valence-electron chi connectivity index (χ1n) is 7.07. The zero-order chi connectivity index (χ0) is 13.8. The van der Waals surface area contributed by atoms with Gasteiger partial charge in [0.1, 0.15) is 17.4 Å². The number of hydrogen-bond acceptors (Lipinski definition) is 2. The Morgan fingerprint density at radius 3 is 2.84 bits per heavy atom. The molecule has 1 aromatic rings. The Bertz CT molecular complexity index is 476. The second-order valence-corrected chi connectivity index (χ2v) is 5.79. The summed E-state index contributed by atoms with van der Waals surface area (Å²) in [5.41, 5.74) is 0.770. The van der Waals surface area contributed by atoms with Gasteiger partial charge in [-0.1, -0.05) is 32.8 Å². The number of hydrogen-bond donors (Lipinski definition) is 1. The lowest BCUT2D eigenvalue weighted by Crippen LogP contribution is -2.29. The van der Waals surface area contributed by atoms with Crippen molar-refractivity contribution in [1.82, 2.24) is 0 Å². The molecular weight excluding hydrogens is 239 g/mol. The highest BCUT2D eigenvalue weighted by atomic mass is 19.1. The van der Waals surface area contributed by atoms with Gasteiger partial charge < -0.3 is 5.32 Å². The summed E-state index contributed by atoms with van der Waals surface area (Å²) in [4.78, 5) is 0. The first-order valence-corrected chi connectivity index (χ1v) is 7.07. The Morgan fingerprint density at radius 1 is 1.37 bits per heavy atom. The van der Waals surface area contributed by atoms with Crippen molar-refractivity contribution in [3.05, 3.63) is 29.6 Å². The van der Waals surface area contributed by atoms with Crippen LogP contribution >= 0.6 is 0 Å². The molecule has 1 N–H and O–H groups in total. The van der Waals surface area contributed by atoms with Gasteiger partial charge in [0.25, 0.3) is 0 Å². The molecule has 0 heterocycles. The first-order chi connectivity index (χ1) is 9.11. The van der Waals surface area contributed by atoms with Gasteiger partial charge >= 0.3 is 0 Å². The van der Waals surface area contributed by atoms with Crippen LogP contribution in [-0.2, 0) is 0 Å². The molecule has 1 aliphatic rings. The molecule has 1 fully saturated rings. The molecule has 3 heteroatoms. The van der Waals surface area contributed by atoms with Gasteiger partial charge in [-0.05, 0) is 36.8 Å². The summed E-state index contributed by atoms with van der Waals surface area (Å²) in [6, 6.07) is 7.09. The maximum absolute atomic E-state index is 13.5. The van der Waals surface area contributed by atoms with Gasteiger partial charge in [0.2, 0.25) is 0 Å². The van der Waals surface area contributed by atoms with E-state index in [2.05, 4.69) is 19.2 Å². The van der Waals surface area contributed by atoms with E-state index in [0.29, 0.717) is 17.6 Å². The third-order valence-electron chi connectivity index (χ3n) is 4.14. The topological polar surface area (TPSA) is 35.8 Å². The molecule has 2 nitrogen and oxygen atoms in total. The molecule has 0 radical (unpaired) electrons. The molecule has 2 rings (SSSR count). The molecule has 1 aromatic carbocycles. The molecule has 19 heavy (non-hydrogen) atoms. The summed E-state index contributed by atoms with van der Waals surface area (Å²) in [7, 11) is 0. The van der Waals surface area contributed by atoms with E-state index in [-0.39, 0.29) is 5.56 Å². The standard InChI is InChI=1S/C16H21FN2/c1-11(2)12-5-3-6-13(9-12)19-16-8-4-7-15(17)14(16)10-18/h4,7-8,11-13,19H,3,5-6,9H2,1-2H3. The molecule has 102 valence electrons. The number of halogens is 1. The van der Waals surface area contributed by atoms with Crippen LogP contribution in [0, 0.1) is 29.0 Å². The number of nitrogens with zero attached hydrogens (tertiary/aromatic N) is 1. The van der Waals surface area contributed by atoms with E-state index in [4.69, 9.17) is 5.26 Å². The van der Waals surface area contributed by atoms with Gasteiger partial charge in [-0.25, -0.2) is 4.39 Å². The molecule has 0 spiro atoms. The Labute approximate surface area is 114 Å². The minimum absolute atomic E-state index is 0.133. The fourth-order valence-corrected chi connectivity index (χ4v) is 2.94. The lowest BCUT2D eigenvalue weighted by atomic mass is 9.79. The first kappa shape index (κ1) is 13.9. The van der Waals surface area contributed by atoms with Gasteiger partial charge in [-0.2, -0.15) is 5.26 Å². The lowest BCUT2D eigenvalue weighted by molar-refractivity contribution is 0.264. The van der Waals surface area contributed by atoms with E-state index >= 15 is 0 Å². The van der Waals surface area contributed by atoms with Crippen molar-refractivity contribution in [2.75, 3.05) is 5.32 Å². The van der Waals surface area contributed by atoms with Crippen molar-refractivity contribution < 1.29 is 4.39 Å². The average Bonchev–Trinajstić information content (AvgIpc) is 2.39. The number of nitriles is 1. The van der Waals surface area contributed by atoms with Crippen molar-refractivity contribution in [3.8, 4) is 6.07 Å². The Hall–Kier alpha value is -1.56. The molecule has 1 aliphatic carbocycles. The minimum atomic E-state index is -0.441. The van der Waals surface area contributed by atoms with Crippen molar-refractivity contribution in [3.63, 3.8) is 0 Å². The molecular formula is C16H21FN2. The SMILES string of the molecule is CC(C)C1CCCC(Nc2cccc(F)c2C#N)C1. The smallest absolute Gasteiger partial charge is 0.143 e. The quantitative estimate of drug-likeness (QED) is 0.878. The Balaban J connectivity index is 2.09. The normalized spacial score (nSPS) is 23.1. The predicted octanol–water partition coefficient (Wildman–Crippen LogP) is 4.32. The van der Waals surface area contributed by atoms with E-state index in [0.717, 1.165) is 18.8 Å². The molecule has 0 bridgehead atoms. The zero-order valence-corrected chi connectivity index (χ0v) is 11.6. The number of anilines is 1. The largest absolute Gasteiger partial charge is 0.381 e. The van der Waals surface area contributed by atoms with Crippen molar-refractivity contribution in [2.24, 2.45) is 11.8 Å². The number of nitrogens with one attached hydrogen (secondary N) is 1. The van der Waals surface area contributed by atoms with Crippen LogP contribution in [0.2, 0.25) is 0 Å². The molecule has 2 unspecified atom stereocenters. The van der Waals surface area contributed by atoms with Gasteiger partial charge in [0.15, 0.2) is 0 Å². The average molecular weight is 260 g/mol. The van der Waals surface area contributed by atoms with Gasteiger partial charge in [-0.3, -0.25) is 0 Å². The maximum atomic E-state index is 13.5. The summed E-state index contributed by atoms with van der Waals surface area (Å²) in [5.74, 6) is 0.974. The Morgan fingerprint density at radius 2 is 2.16 bits per heavy atom. The highest BCUT2D eigenvalue weighted by molar-refractivity contribution is 5.58. The summed E-state index contributed by atoms with van der Waals surface area (Å²) in [5, 5.41) is 12.4. The van der Waals surface area contributed by atoms with Crippen LogP contribution in [-0.4, -0.2) is 6.04 Å². The summed E-state index contributed by atoms with van der Waals surface area (Å²) in [6.45, 7) is 4.52. The summed E-state index contributed by atoms with van der Waals surface area (Å²) < 4.78 is 13.5. The number of rotatable bonds is 3. The molecule has 0 saturated heterocycles. The monoisotopic (exact) mass is 260 g/mol. The molecule has 2 atom stereocenters. The highest BCUT2D eigenvalue weighted by Crippen LogP contribution is 2.32. The van der Waals surface area contributed by atoms with Crippen LogP contribution in [0.4, 0.5) is 10.1 Å². The molecule has 1 saturated carbocycles. The van der Waals surface area contributed by atoms with Gasteiger partial charge in [-0.15, -0.1) is 0 Å². The van der Waals surface area contributed by atoms with Crippen molar-refractivity contribution in [1.29, 1.82) is 5.26 Å². The maximum Gasteiger partial charge on any atom is 0.143 e. The fourth-order valence-electron chi connectivity index (χ4n) is 2.94. The third-order valence-corrected chi connectivity index (χ3v) is 4.14. The van der Waals surface area contributed by atoms with E-state index in [1.807, 2.05) is 6.07 Å². The van der Waals surface area contributed by atoms with Crippen molar-refractivity contribution >= 4 is 5.69 Å². The second-order valence-electron chi connectivity index (χ2n) is 5.79. The van der Waals surface area contributed by atoms with E-state index in [1.165, 1.54) is 18.9 Å². The van der Waals surface area contributed by atoms with Crippen LogP contribution in [0.3, 0.4) is 0 Å². The van der Waals surface area contributed by atoms with E-state index in [9.17, 15) is 4.39 Å². The van der Waals surface area contributed by atoms with Crippen LogP contribution in [0.5, 0.6) is 0 Å². The number of benzene rings is 1. The zero-order valence-electron chi connectivity index (χ0n) is 11.6. The fraction of sp³-hybridized carbons (Fsp3) is 0.562. The van der Waals surface area contributed by atoms with E-state index < -0.39 is 5.82 Å². The lowest BCUT2D eigenvalue weighted by Gasteiger charge is -2.32. The summed E-state index contributed by atoms with van der Waals surface area (Å²) >= 11 is 0. The van der Waals surface area contributed by atoms with Gasteiger partial charge in [0, 0.05) is 6.04 Å². The highest BCUT2D eigenvalue weighted by Gasteiger charge is 2.24. The van der Waals surface area contributed by atoms with Crippen LogP contribution in [0.15, 0.2) is 18.2 Å². The van der Waals surface area contributed by atoms with Crippen molar-refractivity contribution in [2.45, 2.75) is 45.6 Å². The molecule has 0 amide bonds. The van der Waals surface area contributed by atoms with Crippen LogP contribution < -0.4 is 5.32 Å². The molecule has 0 aromatic heterocycles. The Kier molecular flexibility index (Phi) is 4.42. The summed E-state index contributed by atoms with van der Waals surface area (Å²) in [6.07, 6.45) is 4.70. The second kappa shape index (κ2) is 6.06. The van der Waals surface area contributed by atoms with Crippen LogP contribution in [0.25, 0.3) is 0 Å². The predicted molar refractivity (Wildman–Crippen MR) is 75.3 cm³/mol. The van der Waals surface area contributed by atoms with Gasteiger partial charge in [0.05, 0.1) is 5.69 Å². The van der Waals surface area contributed by atoms with Crippen LogP contribution in [0.1, 0.15) is 45.1 Å². The molecule has 0 aliphatic heterocycles. The minimum Gasteiger partial charge on any atom is -0.381 e.